The number of nitrogens with zero attached hydrogens (tertiary/aromatic N) is 6. The molecular weight excluding hydrogens is 463 g/mol. The highest BCUT2D eigenvalue weighted by Crippen LogP contribution is 2.36. The molecule has 0 aliphatic carbocycles. The van der Waals surface area contributed by atoms with Gasteiger partial charge in [-0.1, -0.05) is 0 Å². The summed E-state index contributed by atoms with van der Waals surface area (Å²) in [5.41, 5.74) is 3.06. The molecule has 6 rings (SSSR count). The van der Waals surface area contributed by atoms with Crippen molar-refractivity contribution in [3.8, 4) is 5.82 Å². The third-order valence-corrected chi connectivity index (χ3v) is 7.76. The summed E-state index contributed by atoms with van der Waals surface area (Å²) in [7, 11) is 0. The molecule has 3 aliphatic rings. The van der Waals surface area contributed by atoms with E-state index in [1.165, 1.54) is 0 Å². The second-order valence-corrected chi connectivity index (χ2v) is 10.2. The van der Waals surface area contributed by atoms with Crippen LogP contribution in [0.4, 0.5) is 10.2 Å². The highest BCUT2D eigenvalue weighted by molar-refractivity contribution is 5.82. The topological polar surface area (TPSA) is 88.8 Å². The van der Waals surface area contributed by atoms with Gasteiger partial charge in [-0.15, -0.1) is 0 Å². The molecule has 3 aromatic rings. The first kappa shape index (κ1) is 23.7. The molecule has 5 heterocycles. The summed E-state index contributed by atoms with van der Waals surface area (Å²) in [6.45, 7) is 8.48. The zero-order valence-electron chi connectivity index (χ0n) is 20.8. The van der Waals surface area contributed by atoms with Crippen molar-refractivity contribution < 1.29 is 19.0 Å². The van der Waals surface area contributed by atoms with Crippen molar-refractivity contribution in [2.24, 2.45) is 0 Å². The first-order valence-electron chi connectivity index (χ1n) is 12.8. The Morgan fingerprint density at radius 2 is 1.92 bits per heavy atom. The molecule has 3 atom stereocenters. The number of ether oxygens (including phenoxy) is 2. The molecule has 2 unspecified atom stereocenters. The van der Waals surface area contributed by atoms with Crippen molar-refractivity contribution in [2.45, 2.75) is 44.5 Å². The standard InChI is InChI=1S/C26H33FN6O3/c1-16-7-18-10-28-33(26-9-25(29-17(2)30-26)32-5-6-36-20(11-32)13-34)24(18)8-22(16)21-3-4-31(12-23(21)27)19-14-35-15-19/h7-10,19-21,23,34H,3-6,11-15H2,1-2H3/t20?,21?,23-/m1/s1. The number of hydrogen-bond donors (Lipinski definition) is 1. The van der Waals surface area contributed by atoms with Gasteiger partial charge in [0.1, 0.15) is 17.8 Å². The van der Waals surface area contributed by atoms with Crippen molar-refractivity contribution in [2.75, 3.05) is 57.5 Å². The molecule has 1 aromatic carbocycles. The summed E-state index contributed by atoms with van der Waals surface area (Å²) >= 11 is 0. The zero-order valence-corrected chi connectivity index (χ0v) is 20.8. The van der Waals surface area contributed by atoms with Crippen molar-refractivity contribution in [3.05, 3.63) is 41.3 Å². The van der Waals surface area contributed by atoms with E-state index in [1.54, 1.807) is 0 Å². The van der Waals surface area contributed by atoms with E-state index in [-0.39, 0.29) is 18.6 Å². The second kappa shape index (κ2) is 9.66. The van der Waals surface area contributed by atoms with Gasteiger partial charge < -0.3 is 19.5 Å². The lowest BCUT2D eigenvalue weighted by molar-refractivity contribution is -0.0807. The number of halogens is 1. The number of benzene rings is 1. The highest BCUT2D eigenvalue weighted by atomic mass is 19.1. The maximum Gasteiger partial charge on any atom is 0.159 e. The van der Waals surface area contributed by atoms with E-state index >= 15 is 4.39 Å². The molecule has 3 aliphatic heterocycles. The Bertz CT molecular complexity index is 1250. The third kappa shape index (κ3) is 4.36. The minimum atomic E-state index is -0.916. The molecular formula is C26H33FN6O3. The normalized spacial score (nSPS) is 25.9. The van der Waals surface area contributed by atoms with Crippen LogP contribution >= 0.6 is 0 Å². The lowest BCUT2D eigenvalue weighted by Crippen LogP contribution is -2.54. The highest BCUT2D eigenvalue weighted by Gasteiger charge is 2.36. The molecule has 0 radical (unpaired) electrons. The molecule has 2 aromatic heterocycles. The number of piperidine rings is 1. The molecule has 0 spiro atoms. The van der Waals surface area contributed by atoms with Crippen LogP contribution in [0.2, 0.25) is 0 Å². The molecule has 9 nitrogen and oxygen atoms in total. The van der Waals surface area contributed by atoms with Crippen LogP contribution < -0.4 is 4.90 Å². The SMILES string of the molecule is Cc1nc(N2CCOC(CO)C2)cc(-n2ncc3cc(C)c(C4CCN(C5COC5)C[C@H]4F)cc32)n1. The molecule has 1 N–H and O–H groups in total. The smallest absolute Gasteiger partial charge is 0.159 e. The van der Waals surface area contributed by atoms with Gasteiger partial charge in [0.2, 0.25) is 0 Å². The Labute approximate surface area is 209 Å². The quantitative estimate of drug-likeness (QED) is 0.575. The fourth-order valence-electron chi connectivity index (χ4n) is 5.68. The molecule has 192 valence electrons. The molecule has 0 amide bonds. The van der Waals surface area contributed by atoms with Crippen LogP contribution in [0.25, 0.3) is 16.7 Å². The summed E-state index contributed by atoms with van der Waals surface area (Å²) in [6.07, 6.45) is 1.48. The predicted molar refractivity (Wildman–Crippen MR) is 134 cm³/mol. The number of aromatic nitrogens is 4. The van der Waals surface area contributed by atoms with Crippen LogP contribution in [-0.4, -0.2) is 101 Å². The molecule has 3 fully saturated rings. The maximum absolute atomic E-state index is 15.4. The van der Waals surface area contributed by atoms with Crippen molar-refractivity contribution in [1.82, 2.24) is 24.6 Å². The monoisotopic (exact) mass is 496 g/mol. The number of aliphatic hydroxyl groups is 1. The summed E-state index contributed by atoms with van der Waals surface area (Å²) < 4.78 is 28.2. The summed E-state index contributed by atoms with van der Waals surface area (Å²) in [6, 6.07) is 6.50. The number of anilines is 1. The number of aryl methyl sites for hydroxylation is 2. The van der Waals surface area contributed by atoms with Crippen molar-refractivity contribution in [1.29, 1.82) is 0 Å². The first-order valence-corrected chi connectivity index (χ1v) is 12.8. The fraction of sp³-hybridized carbons (Fsp3) is 0.577. The van der Waals surface area contributed by atoms with Crippen molar-refractivity contribution in [3.63, 3.8) is 0 Å². The van der Waals surface area contributed by atoms with Gasteiger partial charge >= 0.3 is 0 Å². The lowest BCUT2D eigenvalue weighted by atomic mass is 9.84. The summed E-state index contributed by atoms with van der Waals surface area (Å²) in [5.74, 6) is 1.96. The van der Waals surface area contributed by atoms with Crippen LogP contribution in [-0.2, 0) is 9.47 Å². The maximum atomic E-state index is 15.4. The van der Waals surface area contributed by atoms with Crippen LogP contribution in [0, 0.1) is 13.8 Å². The average molecular weight is 497 g/mol. The lowest BCUT2D eigenvalue weighted by Gasteiger charge is -2.43. The first-order chi connectivity index (χ1) is 17.5. The van der Waals surface area contributed by atoms with E-state index in [1.807, 2.05) is 23.9 Å². The van der Waals surface area contributed by atoms with Gasteiger partial charge in [0.25, 0.3) is 0 Å². The number of likely N-dealkylation sites (tertiary alicyclic amines) is 1. The van der Waals surface area contributed by atoms with E-state index in [4.69, 9.17) is 9.47 Å². The minimum Gasteiger partial charge on any atom is -0.394 e. The molecule has 0 bridgehead atoms. The van der Waals surface area contributed by atoms with Crippen molar-refractivity contribution >= 4 is 16.7 Å². The van der Waals surface area contributed by atoms with Gasteiger partial charge in [0, 0.05) is 37.0 Å². The Morgan fingerprint density at radius 1 is 1.08 bits per heavy atom. The predicted octanol–water partition coefficient (Wildman–Crippen LogP) is 2.16. The van der Waals surface area contributed by atoms with E-state index in [0.29, 0.717) is 57.1 Å². The van der Waals surface area contributed by atoms with Gasteiger partial charge in [-0.3, -0.25) is 4.90 Å². The molecule has 0 saturated carbocycles. The summed E-state index contributed by atoms with van der Waals surface area (Å²) in [4.78, 5) is 13.7. The number of rotatable bonds is 5. The van der Waals surface area contributed by atoms with E-state index in [0.717, 1.165) is 40.8 Å². The van der Waals surface area contributed by atoms with Crippen LogP contribution in [0.3, 0.4) is 0 Å². The Kier molecular flexibility index (Phi) is 6.37. The number of morpholine rings is 1. The van der Waals surface area contributed by atoms with Crippen LogP contribution in [0.1, 0.15) is 29.3 Å². The third-order valence-electron chi connectivity index (χ3n) is 7.76. The molecule has 3 saturated heterocycles. The largest absolute Gasteiger partial charge is 0.394 e. The number of aliphatic hydroxyl groups excluding tert-OH is 1. The number of fused-ring (bicyclic) bond motifs is 1. The number of alkyl halides is 1. The van der Waals surface area contributed by atoms with Gasteiger partial charge in [0.05, 0.1) is 50.3 Å². The minimum absolute atomic E-state index is 0.0255. The van der Waals surface area contributed by atoms with Crippen LogP contribution in [0.15, 0.2) is 24.4 Å². The Hall–Kier alpha value is -2.66. The molecule has 10 heteroatoms. The molecule has 36 heavy (non-hydrogen) atoms. The number of hydrogen-bond acceptors (Lipinski definition) is 8. The fourth-order valence-corrected chi connectivity index (χ4v) is 5.68. The van der Waals surface area contributed by atoms with Gasteiger partial charge in [-0.25, -0.2) is 19.0 Å². The second-order valence-electron chi connectivity index (χ2n) is 10.2. The summed E-state index contributed by atoms with van der Waals surface area (Å²) in [5, 5.41) is 15.2. The van der Waals surface area contributed by atoms with E-state index in [2.05, 4.69) is 43.9 Å². The van der Waals surface area contributed by atoms with Crippen LogP contribution in [0.5, 0.6) is 0 Å². The van der Waals surface area contributed by atoms with E-state index in [9.17, 15) is 5.11 Å². The average Bonchev–Trinajstić information content (AvgIpc) is 3.25. The Morgan fingerprint density at radius 3 is 2.67 bits per heavy atom. The Balaban J connectivity index is 1.32. The zero-order chi connectivity index (χ0) is 24.8. The van der Waals surface area contributed by atoms with E-state index < -0.39 is 6.17 Å². The van der Waals surface area contributed by atoms with Gasteiger partial charge in [-0.05, 0) is 50.1 Å². The van der Waals surface area contributed by atoms with Gasteiger partial charge in [-0.2, -0.15) is 5.10 Å². The van der Waals surface area contributed by atoms with Gasteiger partial charge in [0.15, 0.2) is 5.82 Å².